The van der Waals surface area contributed by atoms with Gasteiger partial charge in [-0.1, -0.05) is 46.3 Å². The third kappa shape index (κ3) is 7.99. The fourth-order valence-electron chi connectivity index (χ4n) is 13.6. The average molecular weight is 843 g/mol. The molecule has 0 aromatic heterocycles. The van der Waals surface area contributed by atoms with Crippen molar-refractivity contribution in [2.24, 2.45) is 45.3 Å². The molecule has 0 amide bonds. The predicted octanol–water partition coefficient (Wildman–Crippen LogP) is 1.69. The molecule has 6 fully saturated rings. The second-order valence-electron chi connectivity index (χ2n) is 20.9. The van der Waals surface area contributed by atoms with Gasteiger partial charge in [0.15, 0.2) is 12.6 Å². The summed E-state index contributed by atoms with van der Waals surface area (Å²) in [6.07, 6.45) is -9.91. The summed E-state index contributed by atoms with van der Waals surface area (Å²) < 4.78 is 30.8. The molecule has 2 aliphatic heterocycles. The number of allylic oxidation sites excluding steroid dienone is 2. The zero-order valence-corrected chi connectivity index (χ0v) is 36.4. The summed E-state index contributed by atoms with van der Waals surface area (Å²) in [5.74, 6) is -1.46. The van der Waals surface area contributed by atoms with Crippen molar-refractivity contribution >= 4 is 5.97 Å². The zero-order chi connectivity index (χ0) is 43.8. The Hall–Kier alpha value is -1.31. The molecule has 6 rings (SSSR count). The Morgan fingerprint density at radius 2 is 1.41 bits per heavy atom. The molecule has 340 valence electrons. The molecule has 21 atom stereocenters. The van der Waals surface area contributed by atoms with Gasteiger partial charge in [-0.25, -0.2) is 0 Å². The van der Waals surface area contributed by atoms with Gasteiger partial charge >= 0.3 is 5.97 Å². The Morgan fingerprint density at radius 3 is 2.02 bits per heavy atom. The van der Waals surface area contributed by atoms with Gasteiger partial charge in [-0.3, -0.25) is 4.79 Å². The minimum absolute atomic E-state index is 0.0220. The molecule has 0 bridgehead atoms. The smallest absolute Gasteiger partial charge is 0.302 e. The summed E-state index contributed by atoms with van der Waals surface area (Å²) in [7, 11) is 0. The van der Waals surface area contributed by atoms with Crippen LogP contribution in [0.5, 0.6) is 0 Å². The van der Waals surface area contributed by atoms with Crippen LogP contribution in [0, 0.1) is 45.3 Å². The number of esters is 1. The van der Waals surface area contributed by atoms with Crippen molar-refractivity contribution < 1.29 is 74.4 Å². The number of ether oxygens (including phenoxy) is 5. The van der Waals surface area contributed by atoms with Crippen LogP contribution in [0.15, 0.2) is 11.6 Å². The number of aliphatic hydroxyl groups excluding tert-OH is 9. The molecule has 15 nitrogen and oxygen atoms in total. The second kappa shape index (κ2) is 17.0. The predicted molar refractivity (Wildman–Crippen MR) is 212 cm³/mol. The lowest BCUT2D eigenvalue weighted by Crippen LogP contribution is -2.71. The average Bonchev–Trinajstić information content (AvgIpc) is 3.54. The highest BCUT2D eigenvalue weighted by molar-refractivity contribution is 5.65. The summed E-state index contributed by atoms with van der Waals surface area (Å²) >= 11 is 0. The Kier molecular flexibility index (Phi) is 13.6. The lowest BCUT2D eigenvalue weighted by Gasteiger charge is -2.72. The summed E-state index contributed by atoms with van der Waals surface area (Å²) in [5.41, 5.74) is -2.05. The largest absolute Gasteiger partial charge is 0.463 e. The van der Waals surface area contributed by atoms with Gasteiger partial charge in [0.05, 0.1) is 30.5 Å². The molecule has 0 aromatic rings. The molecule has 0 aromatic carbocycles. The van der Waals surface area contributed by atoms with E-state index in [9.17, 15) is 50.8 Å². The number of hydrogen-bond donors (Lipinski definition) is 9. The standard InChI is InChI=1S/C44H74O15/c1-21(2)11-10-14-44(9,59-39-36(54)33(51)31(49)26(19-45)57-39)23-12-16-42(7)30(23)24(47)17-28-41(6)15-13-29(48)40(4,5)37(41)25(18-43(28,42)8)56-38-35(53)34(52)32(50)27(58-38)20-55-22(3)46/h11,23-39,45,47-54H,10,12-20H2,1-9H3/t23-,24-,25+,26+,27+,28-,29+,30-,31-,32-,33+,34+,35+,36+,37+,38-,39+,41-,42-,43-,44+/m1/s1. The van der Waals surface area contributed by atoms with E-state index in [1.807, 2.05) is 34.6 Å². The van der Waals surface area contributed by atoms with Crippen molar-refractivity contribution in [1.29, 1.82) is 0 Å². The molecule has 2 saturated heterocycles. The van der Waals surface area contributed by atoms with Crippen molar-refractivity contribution in [3.8, 4) is 0 Å². The summed E-state index contributed by atoms with van der Waals surface area (Å²) in [5, 5.41) is 99.6. The first-order valence-electron chi connectivity index (χ1n) is 21.8. The van der Waals surface area contributed by atoms with E-state index in [1.165, 1.54) is 6.92 Å². The fourth-order valence-corrected chi connectivity index (χ4v) is 13.6. The number of carbonyl (C=O) groups excluding carboxylic acids is 1. The highest BCUT2D eigenvalue weighted by Crippen LogP contribution is 2.76. The highest BCUT2D eigenvalue weighted by atomic mass is 16.7. The van der Waals surface area contributed by atoms with Crippen LogP contribution in [-0.4, -0.2) is 150 Å². The van der Waals surface area contributed by atoms with E-state index in [4.69, 9.17) is 23.7 Å². The van der Waals surface area contributed by atoms with Gasteiger partial charge in [0.2, 0.25) is 0 Å². The van der Waals surface area contributed by atoms with E-state index in [1.54, 1.807) is 0 Å². The number of hydrogen-bond acceptors (Lipinski definition) is 15. The van der Waals surface area contributed by atoms with Gasteiger partial charge in [-0.15, -0.1) is 0 Å². The first-order chi connectivity index (χ1) is 27.4. The van der Waals surface area contributed by atoms with Crippen molar-refractivity contribution in [2.75, 3.05) is 13.2 Å². The lowest BCUT2D eigenvalue weighted by molar-refractivity contribution is -0.349. The van der Waals surface area contributed by atoms with Gasteiger partial charge in [0, 0.05) is 6.92 Å². The molecular formula is C44H74O15. The van der Waals surface area contributed by atoms with Crippen LogP contribution in [0.4, 0.5) is 0 Å². The second-order valence-corrected chi connectivity index (χ2v) is 20.9. The number of rotatable bonds is 11. The number of aliphatic hydroxyl groups is 9. The lowest BCUT2D eigenvalue weighted by atomic mass is 9.34. The Labute approximate surface area is 349 Å². The molecule has 6 aliphatic rings. The van der Waals surface area contributed by atoms with E-state index in [0.717, 1.165) is 5.57 Å². The molecule has 59 heavy (non-hydrogen) atoms. The Bertz CT molecular complexity index is 1520. The fraction of sp³-hybridized carbons (Fsp3) is 0.932. The van der Waals surface area contributed by atoms with E-state index in [0.29, 0.717) is 51.4 Å². The molecule has 15 heteroatoms. The maximum absolute atomic E-state index is 12.6. The maximum Gasteiger partial charge on any atom is 0.302 e. The number of fused-ring (bicyclic) bond motifs is 5. The monoisotopic (exact) mass is 843 g/mol. The van der Waals surface area contributed by atoms with Gasteiger partial charge in [0.1, 0.15) is 55.4 Å². The third-order valence-corrected chi connectivity index (χ3v) is 16.9. The third-order valence-electron chi connectivity index (χ3n) is 16.9. The quantitative estimate of drug-likeness (QED) is 0.0817. The zero-order valence-electron chi connectivity index (χ0n) is 36.4. The van der Waals surface area contributed by atoms with Crippen LogP contribution in [0.2, 0.25) is 0 Å². The molecule has 4 saturated carbocycles. The summed E-state index contributed by atoms with van der Waals surface area (Å²) in [6.45, 7) is 17.1. The van der Waals surface area contributed by atoms with Crippen molar-refractivity contribution in [2.45, 2.75) is 199 Å². The summed E-state index contributed by atoms with van der Waals surface area (Å²) in [4.78, 5) is 11.7. The van der Waals surface area contributed by atoms with Crippen LogP contribution in [0.1, 0.15) is 114 Å². The van der Waals surface area contributed by atoms with Crippen LogP contribution in [0.25, 0.3) is 0 Å². The van der Waals surface area contributed by atoms with Crippen molar-refractivity contribution in [3.63, 3.8) is 0 Å². The topological polar surface area (TPSA) is 245 Å². The van der Waals surface area contributed by atoms with Crippen LogP contribution >= 0.6 is 0 Å². The SMILES string of the molecule is CC(=O)OC[C@@H]1O[C@@H](O[C@H]2C[C@]3(C)[C@H](C[C@@H](O)[C@H]4[C@H]([C@](C)(CCC=C(C)C)O[C@@H]5O[C@@H](CO)[C@@H](O)[C@H](O)[C@@H]5O)CC[C@]43C)[C@@]3(C)CC[C@H](O)C(C)(C)[C@H]23)[C@@H](O)[C@@H](O)[C@@H]1O. The van der Waals surface area contributed by atoms with Crippen molar-refractivity contribution in [1.82, 2.24) is 0 Å². The molecule has 0 radical (unpaired) electrons. The molecule has 9 N–H and O–H groups in total. The van der Waals surface area contributed by atoms with Gasteiger partial charge < -0.3 is 69.6 Å². The first kappa shape index (κ1) is 47.2. The molecule has 4 aliphatic carbocycles. The minimum atomic E-state index is -1.65. The van der Waals surface area contributed by atoms with Gasteiger partial charge in [-0.2, -0.15) is 0 Å². The molecule has 0 spiro atoms. The van der Waals surface area contributed by atoms with E-state index in [2.05, 4.69) is 26.8 Å². The first-order valence-corrected chi connectivity index (χ1v) is 21.8. The molecular weight excluding hydrogens is 768 g/mol. The van der Waals surface area contributed by atoms with Gasteiger partial charge in [-0.05, 0) is 117 Å². The Balaban J connectivity index is 1.38. The normalized spacial score (nSPS) is 50.4. The van der Waals surface area contributed by atoms with Gasteiger partial charge in [0.25, 0.3) is 0 Å². The van der Waals surface area contributed by atoms with Crippen LogP contribution in [-0.2, 0) is 28.5 Å². The number of carbonyl (C=O) groups is 1. The van der Waals surface area contributed by atoms with Crippen LogP contribution in [0.3, 0.4) is 0 Å². The highest BCUT2D eigenvalue weighted by Gasteiger charge is 2.74. The minimum Gasteiger partial charge on any atom is -0.463 e. The van der Waals surface area contributed by atoms with E-state index < -0.39 is 120 Å². The van der Waals surface area contributed by atoms with E-state index >= 15 is 0 Å². The molecule has 0 unspecified atom stereocenters. The van der Waals surface area contributed by atoms with Crippen molar-refractivity contribution in [3.05, 3.63) is 11.6 Å². The molecule has 2 heterocycles. The van der Waals surface area contributed by atoms with Crippen LogP contribution < -0.4 is 0 Å². The Morgan fingerprint density at radius 1 is 0.797 bits per heavy atom. The van der Waals surface area contributed by atoms with E-state index in [-0.39, 0.29) is 30.3 Å². The maximum atomic E-state index is 12.6. The summed E-state index contributed by atoms with van der Waals surface area (Å²) in [6, 6.07) is 0.